The van der Waals surface area contributed by atoms with Gasteiger partial charge in [-0.05, 0) is 36.1 Å². The van der Waals surface area contributed by atoms with E-state index in [4.69, 9.17) is 9.47 Å². The summed E-state index contributed by atoms with van der Waals surface area (Å²) in [5, 5.41) is 3.72. The fraction of sp³-hybridized carbons (Fsp3) is 0.308. The lowest BCUT2D eigenvalue weighted by molar-refractivity contribution is 0.279. The number of methoxy groups -OCH3 is 1. The summed E-state index contributed by atoms with van der Waals surface area (Å²) in [4.78, 5) is 0. The highest BCUT2D eigenvalue weighted by atomic mass is 16.5. The quantitative estimate of drug-likeness (QED) is 0.447. The predicted molar refractivity (Wildman–Crippen MR) is 119 cm³/mol. The van der Waals surface area contributed by atoms with E-state index in [2.05, 4.69) is 73.8 Å². The van der Waals surface area contributed by atoms with Gasteiger partial charge in [-0.15, -0.1) is 0 Å². The normalized spacial score (nSPS) is 11.8. The number of hydrogen-bond acceptors (Lipinski definition) is 3. The topological polar surface area (TPSA) is 30.5 Å². The molecular formula is C26H31NO2. The van der Waals surface area contributed by atoms with Crippen LogP contribution in [0.25, 0.3) is 0 Å². The number of rotatable bonds is 10. The molecule has 0 heterocycles. The van der Waals surface area contributed by atoms with Crippen molar-refractivity contribution in [3.05, 3.63) is 95.1 Å². The molecule has 0 aliphatic carbocycles. The molecule has 0 amide bonds. The van der Waals surface area contributed by atoms with Crippen molar-refractivity contribution in [2.75, 3.05) is 7.11 Å². The number of nitrogens with one attached hydrogen (secondary N) is 1. The summed E-state index contributed by atoms with van der Waals surface area (Å²) in [6.07, 6.45) is 2.22. The van der Waals surface area contributed by atoms with Crippen molar-refractivity contribution < 1.29 is 9.47 Å². The number of para-hydroxylation sites is 1. The van der Waals surface area contributed by atoms with Gasteiger partial charge >= 0.3 is 0 Å². The maximum Gasteiger partial charge on any atom is 0.166 e. The van der Waals surface area contributed by atoms with Crippen LogP contribution in [0.15, 0.2) is 72.8 Å². The summed E-state index contributed by atoms with van der Waals surface area (Å²) in [5.74, 6) is 1.58. The minimum absolute atomic E-state index is 0.316. The van der Waals surface area contributed by atoms with Crippen LogP contribution in [0.1, 0.15) is 48.1 Å². The Kier molecular flexibility index (Phi) is 7.71. The summed E-state index contributed by atoms with van der Waals surface area (Å²) in [5.41, 5.74) is 4.84. The summed E-state index contributed by atoms with van der Waals surface area (Å²) in [6.45, 7) is 5.58. The zero-order valence-electron chi connectivity index (χ0n) is 17.7. The Morgan fingerprint density at radius 2 is 1.59 bits per heavy atom. The van der Waals surface area contributed by atoms with Crippen LogP contribution >= 0.6 is 0 Å². The third kappa shape index (κ3) is 5.61. The van der Waals surface area contributed by atoms with Crippen LogP contribution in [0.3, 0.4) is 0 Å². The van der Waals surface area contributed by atoms with Gasteiger partial charge in [0, 0.05) is 18.2 Å². The maximum absolute atomic E-state index is 6.26. The van der Waals surface area contributed by atoms with Gasteiger partial charge in [-0.1, -0.05) is 80.1 Å². The van der Waals surface area contributed by atoms with E-state index in [1.165, 1.54) is 16.7 Å². The third-order valence-corrected chi connectivity index (χ3v) is 5.23. The second kappa shape index (κ2) is 10.7. The monoisotopic (exact) mass is 389 g/mol. The van der Waals surface area contributed by atoms with E-state index >= 15 is 0 Å². The van der Waals surface area contributed by atoms with Gasteiger partial charge in [-0.2, -0.15) is 0 Å². The Labute approximate surface area is 174 Å². The Balaban J connectivity index is 1.77. The fourth-order valence-electron chi connectivity index (χ4n) is 3.54. The van der Waals surface area contributed by atoms with Crippen LogP contribution in [-0.4, -0.2) is 7.11 Å². The number of aryl methyl sites for hydroxylation is 1. The van der Waals surface area contributed by atoms with Crippen molar-refractivity contribution in [3.8, 4) is 11.5 Å². The summed E-state index contributed by atoms with van der Waals surface area (Å²) >= 11 is 0. The number of ether oxygens (including phenoxy) is 2. The van der Waals surface area contributed by atoms with Gasteiger partial charge < -0.3 is 14.8 Å². The highest BCUT2D eigenvalue weighted by molar-refractivity contribution is 5.47. The number of benzene rings is 3. The standard InChI is InChI=1S/C26H31NO2/c1-4-11-24(21-13-6-5-7-14-21)27-18-22-16-10-17-25(28-3)26(22)29-19-23-15-9-8-12-20(23)2/h5-10,12-17,24,27H,4,11,18-19H2,1-3H3. The van der Waals surface area contributed by atoms with Crippen molar-refractivity contribution in [2.45, 2.75) is 45.9 Å². The molecule has 0 aliphatic heterocycles. The lowest BCUT2D eigenvalue weighted by atomic mass is 10.0. The van der Waals surface area contributed by atoms with Gasteiger partial charge in [0.1, 0.15) is 6.61 Å². The Hall–Kier alpha value is -2.78. The minimum atomic E-state index is 0.316. The molecule has 3 heteroatoms. The first kappa shape index (κ1) is 20.9. The Morgan fingerprint density at radius 1 is 0.862 bits per heavy atom. The average Bonchev–Trinajstić information content (AvgIpc) is 2.77. The fourth-order valence-corrected chi connectivity index (χ4v) is 3.54. The van der Waals surface area contributed by atoms with Crippen molar-refractivity contribution in [1.29, 1.82) is 0 Å². The molecule has 0 radical (unpaired) electrons. The average molecular weight is 390 g/mol. The van der Waals surface area contributed by atoms with Crippen molar-refractivity contribution in [1.82, 2.24) is 5.32 Å². The van der Waals surface area contributed by atoms with E-state index < -0.39 is 0 Å². The van der Waals surface area contributed by atoms with Crippen LogP contribution in [-0.2, 0) is 13.2 Å². The second-order valence-electron chi connectivity index (χ2n) is 7.30. The molecule has 0 aliphatic rings. The van der Waals surface area contributed by atoms with Crippen LogP contribution in [0.4, 0.5) is 0 Å². The largest absolute Gasteiger partial charge is 0.493 e. The molecule has 0 bridgehead atoms. The molecule has 3 aromatic carbocycles. The van der Waals surface area contributed by atoms with E-state index in [-0.39, 0.29) is 0 Å². The second-order valence-corrected chi connectivity index (χ2v) is 7.30. The molecule has 152 valence electrons. The zero-order valence-corrected chi connectivity index (χ0v) is 17.7. The highest BCUT2D eigenvalue weighted by Gasteiger charge is 2.15. The van der Waals surface area contributed by atoms with Crippen LogP contribution in [0, 0.1) is 6.92 Å². The first-order valence-corrected chi connectivity index (χ1v) is 10.3. The van der Waals surface area contributed by atoms with Gasteiger partial charge in [-0.3, -0.25) is 0 Å². The molecule has 0 saturated carbocycles. The van der Waals surface area contributed by atoms with Gasteiger partial charge in [0.25, 0.3) is 0 Å². The third-order valence-electron chi connectivity index (χ3n) is 5.23. The molecule has 0 fully saturated rings. The predicted octanol–water partition coefficient (Wildman–Crippen LogP) is 6.21. The van der Waals surface area contributed by atoms with Gasteiger partial charge in [0.05, 0.1) is 7.11 Å². The van der Waals surface area contributed by atoms with Crippen molar-refractivity contribution >= 4 is 0 Å². The molecule has 0 spiro atoms. The molecule has 3 nitrogen and oxygen atoms in total. The molecule has 1 N–H and O–H groups in total. The first-order valence-electron chi connectivity index (χ1n) is 10.3. The summed E-state index contributed by atoms with van der Waals surface area (Å²) < 4.78 is 11.8. The molecule has 3 aromatic rings. The smallest absolute Gasteiger partial charge is 0.166 e. The Bertz CT molecular complexity index is 892. The van der Waals surface area contributed by atoms with Crippen LogP contribution in [0.5, 0.6) is 11.5 Å². The van der Waals surface area contributed by atoms with Gasteiger partial charge in [0.2, 0.25) is 0 Å². The van der Waals surface area contributed by atoms with Gasteiger partial charge in [-0.25, -0.2) is 0 Å². The zero-order chi connectivity index (χ0) is 20.5. The van der Waals surface area contributed by atoms with Crippen molar-refractivity contribution in [3.63, 3.8) is 0 Å². The van der Waals surface area contributed by atoms with Gasteiger partial charge in [0.15, 0.2) is 11.5 Å². The molecule has 1 atom stereocenters. The molecule has 1 unspecified atom stereocenters. The summed E-state index contributed by atoms with van der Waals surface area (Å²) in [6, 6.07) is 25.4. The van der Waals surface area contributed by atoms with Crippen LogP contribution < -0.4 is 14.8 Å². The Morgan fingerprint density at radius 3 is 2.31 bits per heavy atom. The van der Waals surface area contributed by atoms with E-state index in [9.17, 15) is 0 Å². The number of hydrogen-bond donors (Lipinski definition) is 1. The molecule has 3 rings (SSSR count). The summed E-state index contributed by atoms with van der Waals surface area (Å²) in [7, 11) is 1.69. The molecule has 0 saturated heterocycles. The lowest BCUT2D eigenvalue weighted by Gasteiger charge is -2.21. The maximum atomic E-state index is 6.26. The van der Waals surface area contributed by atoms with E-state index in [0.29, 0.717) is 12.6 Å². The van der Waals surface area contributed by atoms with Crippen molar-refractivity contribution in [2.24, 2.45) is 0 Å². The minimum Gasteiger partial charge on any atom is -0.493 e. The SMILES string of the molecule is CCCC(NCc1cccc(OC)c1OCc1ccccc1C)c1ccccc1. The molecular weight excluding hydrogens is 358 g/mol. The lowest BCUT2D eigenvalue weighted by Crippen LogP contribution is -2.21. The molecule has 0 aromatic heterocycles. The van der Waals surface area contributed by atoms with Crippen LogP contribution in [0.2, 0.25) is 0 Å². The highest BCUT2D eigenvalue weighted by Crippen LogP contribution is 2.32. The van der Waals surface area contributed by atoms with E-state index in [1.54, 1.807) is 7.11 Å². The molecule has 29 heavy (non-hydrogen) atoms. The van der Waals surface area contributed by atoms with E-state index in [0.717, 1.165) is 36.4 Å². The van der Waals surface area contributed by atoms with E-state index in [1.807, 2.05) is 18.2 Å². The first-order chi connectivity index (χ1) is 14.2.